The number of nitrogens with zero attached hydrogens (tertiary/aromatic N) is 3. The summed E-state index contributed by atoms with van der Waals surface area (Å²) in [5.41, 5.74) is 3.12. The van der Waals surface area contributed by atoms with Crippen LogP contribution in [0.5, 0.6) is 0 Å². The van der Waals surface area contributed by atoms with Gasteiger partial charge in [-0.15, -0.1) is 0 Å². The van der Waals surface area contributed by atoms with Crippen molar-refractivity contribution in [2.75, 3.05) is 28.6 Å². The highest BCUT2D eigenvalue weighted by molar-refractivity contribution is 6.30. The Morgan fingerprint density at radius 3 is 2.48 bits per heavy atom. The lowest BCUT2D eigenvalue weighted by molar-refractivity contribution is 0.262. The highest BCUT2D eigenvalue weighted by atomic mass is 35.5. The number of hydrogen-bond donors (Lipinski definition) is 2. The van der Waals surface area contributed by atoms with Crippen molar-refractivity contribution >= 4 is 35.0 Å². The van der Waals surface area contributed by atoms with E-state index in [0.717, 1.165) is 30.3 Å². The SMILES string of the molecule is O=C(Nc1ccc(Cl)cc1)Nc1cccc(-c2ccnc(N3CCCCC3)n2)c1. The molecule has 2 amide bonds. The van der Waals surface area contributed by atoms with Crippen LogP contribution in [0.3, 0.4) is 0 Å². The number of rotatable bonds is 4. The fraction of sp³-hybridized carbons (Fsp3) is 0.227. The number of amides is 2. The van der Waals surface area contributed by atoms with Gasteiger partial charge in [-0.1, -0.05) is 23.7 Å². The summed E-state index contributed by atoms with van der Waals surface area (Å²) >= 11 is 5.87. The molecule has 0 radical (unpaired) electrons. The normalized spacial score (nSPS) is 13.8. The predicted molar refractivity (Wildman–Crippen MR) is 118 cm³/mol. The van der Waals surface area contributed by atoms with Gasteiger partial charge in [0.1, 0.15) is 0 Å². The Hall–Kier alpha value is -3.12. The van der Waals surface area contributed by atoms with Crippen LogP contribution in [0.25, 0.3) is 11.3 Å². The lowest BCUT2D eigenvalue weighted by Gasteiger charge is -2.26. The van der Waals surface area contributed by atoms with E-state index in [1.807, 2.05) is 30.3 Å². The zero-order valence-corrected chi connectivity index (χ0v) is 16.7. The second-order valence-corrected chi connectivity index (χ2v) is 7.39. The molecule has 1 aliphatic rings. The molecule has 0 saturated carbocycles. The molecule has 4 rings (SSSR count). The molecule has 1 saturated heterocycles. The Balaban J connectivity index is 1.47. The van der Waals surface area contributed by atoms with E-state index >= 15 is 0 Å². The molecule has 1 aromatic heterocycles. The van der Waals surface area contributed by atoms with Crippen LogP contribution in [-0.2, 0) is 0 Å². The van der Waals surface area contributed by atoms with Crippen LogP contribution in [0, 0.1) is 0 Å². The summed E-state index contributed by atoms with van der Waals surface area (Å²) in [4.78, 5) is 23.7. The second-order valence-electron chi connectivity index (χ2n) is 6.96. The van der Waals surface area contributed by atoms with Gasteiger partial charge in [-0.25, -0.2) is 14.8 Å². The fourth-order valence-electron chi connectivity index (χ4n) is 3.34. The minimum atomic E-state index is -0.318. The maximum absolute atomic E-state index is 12.3. The Morgan fingerprint density at radius 1 is 0.931 bits per heavy atom. The molecule has 2 heterocycles. The first-order valence-corrected chi connectivity index (χ1v) is 10.1. The van der Waals surface area contributed by atoms with Crippen LogP contribution in [0.1, 0.15) is 19.3 Å². The van der Waals surface area contributed by atoms with Crippen molar-refractivity contribution in [2.24, 2.45) is 0 Å². The summed E-state index contributed by atoms with van der Waals surface area (Å²) in [6.45, 7) is 1.99. The van der Waals surface area contributed by atoms with Crippen LogP contribution in [0.4, 0.5) is 22.1 Å². The molecular weight excluding hydrogens is 386 g/mol. The summed E-state index contributed by atoms with van der Waals surface area (Å²) < 4.78 is 0. The third-order valence-corrected chi connectivity index (χ3v) is 5.05. The van der Waals surface area contributed by atoms with Crippen molar-refractivity contribution in [1.82, 2.24) is 9.97 Å². The van der Waals surface area contributed by atoms with Gasteiger partial charge in [0.25, 0.3) is 0 Å². The number of nitrogens with one attached hydrogen (secondary N) is 2. The monoisotopic (exact) mass is 407 g/mol. The molecule has 1 fully saturated rings. The maximum atomic E-state index is 12.3. The lowest BCUT2D eigenvalue weighted by atomic mass is 10.1. The Labute approximate surface area is 174 Å². The lowest BCUT2D eigenvalue weighted by Crippen LogP contribution is -2.30. The molecule has 29 heavy (non-hydrogen) atoms. The van der Waals surface area contributed by atoms with Gasteiger partial charge in [0.05, 0.1) is 5.69 Å². The number of piperidine rings is 1. The largest absolute Gasteiger partial charge is 0.341 e. The van der Waals surface area contributed by atoms with E-state index in [-0.39, 0.29) is 6.03 Å². The number of hydrogen-bond acceptors (Lipinski definition) is 4. The van der Waals surface area contributed by atoms with E-state index in [0.29, 0.717) is 16.4 Å². The van der Waals surface area contributed by atoms with Gasteiger partial charge in [-0.2, -0.15) is 0 Å². The Kier molecular flexibility index (Phi) is 5.91. The first kappa shape index (κ1) is 19.2. The third-order valence-electron chi connectivity index (χ3n) is 4.80. The van der Waals surface area contributed by atoms with Gasteiger partial charge in [0, 0.05) is 41.2 Å². The van der Waals surface area contributed by atoms with E-state index in [9.17, 15) is 4.79 Å². The molecule has 6 nitrogen and oxygen atoms in total. The quantitative estimate of drug-likeness (QED) is 0.604. The number of carbonyl (C=O) groups is 1. The van der Waals surface area contributed by atoms with Crippen molar-refractivity contribution in [3.8, 4) is 11.3 Å². The molecule has 2 N–H and O–H groups in total. The molecule has 0 spiro atoms. The van der Waals surface area contributed by atoms with Gasteiger partial charge < -0.3 is 15.5 Å². The van der Waals surface area contributed by atoms with Crippen LogP contribution >= 0.6 is 11.6 Å². The predicted octanol–water partition coefficient (Wildman–Crippen LogP) is 5.43. The minimum Gasteiger partial charge on any atom is -0.341 e. The number of carbonyl (C=O) groups excluding carboxylic acids is 1. The van der Waals surface area contributed by atoms with Crippen molar-refractivity contribution < 1.29 is 4.79 Å². The molecule has 3 aromatic rings. The molecule has 0 aliphatic carbocycles. The molecule has 1 aliphatic heterocycles. The van der Waals surface area contributed by atoms with Crippen molar-refractivity contribution in [2.45, 2.75) is 19.3 Å². The topological polar surface area (TPSA) is 70.2 Å². The first-order chi connectivity index (χ1) is 14.2. The van der Waals surface area contributed by atoms with E-state index in [1.165, 1.54) is 19.3 Å². The molecular formula is C22H22ClN5O. The molecule has 0 unspecified atom stereocenters. The third kappa shape index (κ3) is 5.03. The van der Waals surface area contributed by atoms with Crippen LogP contribution < -0.4 is 15.5 Å². The fourth-order valence-corrected chi connectivity index (χ4v) is 3.46. The van der Waals surface area contributed by atoms with Gasteiger partial charge in [-0.3, -0.25) is 0 Å². The van der Waals surface area contributed by atoms with Crippen molar-refractivity contribution in [3.63, 3.8) is 0 Å². The summed E-state index contributed by atoms with van der Waals surface area (Å²) in [7, 11) is 0. The standard InChI is InChI=1S/C22H22ClN5O/c23-17-7-9-18(10-8-17)25-22(29)26-19-6-4-5-16(15-19)20-11-12-24-21(27-20)28-13-2-1-3-14-28/h4-12,15H,1-3,13-14H2,(H2,25,26,29). The van der Waals surface area contributed by atoms with Crippen LogP contribution in [-0.4, -0.2) is 29.1 Å². The summed E-state index contributed by atoms with van der Waals surface area (Å²) in [5, 5.41) is 6.27. The number of aromatic nitrogens is 2. The molecule has 0 atom stereocenters. The highest BCUT2D eigenvalue weighted by Crippen LogP contribution is 2.24. The Bertz CT molecular complexity index is 987. The van der Waals surface area contributed by atoms with E-state index in [2.05, 4.69) is 20.5 Å². The zero-order valence-electron chi connectivity index (χ0n) is 15.9. The minimum absolute atomic E-state index is 0.318. The summed E-state index contributed by atoms with van der Waals surface area (Å²) in [6, 6.07) is 16.2. The average molecular weight is 408 g/mol. The van der Waals surface area contributed by atoms with Crippen molar-refractivity contribution in [1.29, 1.82) is 0 Å². The van der Waals surface area contributed by atoms with E-state index in [4.69, 9.17) is 16.6 Å². The van der Waals surface area contributed by atoms with E-state index < -0.39 is 0 Å². The number of urea groups is 1. The number of halogens is 1. The smallest absolute Gasteiger partial charge is 0.323 e. The second kappa shape index (κ2) is 8.92. The molecule has 0 bridgehead atoms. The van der Waals surface area contributed by atoms with Crippen LogP contribution in [0.15, 0.2) is 60.8 Å². The average Bonchev–Trinajstić information content (AvgIpc) is 2.76. The van der Waals surface area contributed by atoms with Gasteiger partial charge >= 0.3 is 6.03 Å². The van der Waals surface area contributed by atoms with E-state index in [1.54, 1.807) is 30.5 Å². The molecule has 7 heteroatoms. The van der Waals surface area contributed by atoms with Crippen LogP contribution in [0.2, 0.25) is 5.02 Å². The first-order valence-electron chi connectivity index (χ1n) is 9.69. The molecule has 148 valence electrons. The van der Waals surface area contributed by atoms with Crippen molar-refractivity contribution in [3.05, 3.63) is 65.8 Å². The maximum Gasteiger partial charge on any atom is 0.323 e. The molecule has 2 aromatic carbocycles. The summed E-state index contributed by atoms with van der Waals surface area (Å²) in [6.07, 6.45) is 5.41. The van der Waals surface area contributed by atoms with Gasteiger partial charge in [0.15, 0.2) is 0 Å². The summed E-state index contributed by atoms with van der Waals surface area (Å²) in [5.74, 6) is 0.765. The Morgan fingerprint density at radius 2 is 1.69 bits per heavy atom. The highest BCUT2D eigenvalue weighted by Gasteiger charge is 2.14. The number of anilines is 3. The van der Waals surface area contributed by atoms with Gasteiger partial charge in [-0.05, 0) is 61.7 Å². The number of benzene rings is 2. The zero-order chi connectivity index (χ0) is 20.1. The van der Waals surface area contributed by atoms with Gasteiger partial charge in [0.2, 0.25) is 5.95 Å².